The van der Waals surface area contributed by atoms with Gasteiger partial charge in [-0.2, -0.15) is 0 Å². The van der Waals surface area contributed by atoms with Crippen LogP contribution in [0.15, 0.2) is 40.9 Å². The van der Waals surface area contributed by atoms with Gasteiger partial charge in [0, 0.05) is 10.9 Å². The van der Waals surface area contributed by atoms with Gasteiger partial charge in [-0.15, -0.1) is 0 Å². The number of rotatable bonds is 3. The molecule has 0 amide bonds. The van der Waals surface area contributed by atoms with E-state index in [1.54, 1.807) is 19.1 Å². The zero-order valence-electron chi connectivity index (χ0n) is 11.9. The van der Waals surface area contributed by atoms with Gasteiger partial charge in [-0.1, -0.05) is 51.3 Å². The zero-order valence-corrected chi connectivity index (χ0v) is 13.5. The molecule has 0 radical (unpaired) electrons. The first kappa shape index (κ1) is 15.2. The summed E-state index contributed by atoms with van der Waals surface area (Å²) >= 11 is 3.24. The van der Waals surface area contributed by atoms with E-state index in [0.717, 1.165) is 16.7 Å². The van der Waals surface area contributed by atoms with Crippen LogP contribution in [0.2, 0.25) is 0 Å². The van der Waals surface area contributed by atoms with Crippen LogP contribution >= 0.6 is 15.9 Å². The molecule has 3 heteroatoms. The third-order valence-electron chi connectivity index (χ3n) is 3.39. The second kappa shape index (κ2) is 5.66. The number of aryl methyl sites for hydroxylation is 2. The molecule has 0 aliphatic carbocycles. The lowest BCUT2D eigenvalue weighted by molar-refractivity contribution is 0.0566. The third-order valence-corrected chi connectivity index (χ3v) is 3.89. The van der Waals surface area contributed by atoms with E-state index in [1.807, 2.05) is 26.0 Å². The van der Waals surface area contributed by atoms with Crippen LogP contribution in [0.5, 0.6) is 0 Å². The van der Waals surface area contributed by atoms with Crippen LogP contribution in [-0.4, -0.2) is 5.11 Å². The number of hydrogen-bond donors (Lipinski definition) is 1. The van der Waals surface area contributed by atoms with Gasteiger partial charge < -0.3 is 5.11 Å². The molecule has 1 atom stereocenters. The molecule has 20 heavy (non-hydrogen) atoms. The van der Waals surface area contributed by atoms with Crippen molar-refractivity contribution < 1.29 is 9.50 Å². The molecule has 0 saturated heterocycles. The molecule has 0 aromatic heterocycles. The maximum absolute atomic E-state index is 13.9. The van der Waals surface area contributed by atoms with Crippen molar-refractivity contribution in [2.75, 3.05) is 0 Å². The van der Waals surface area contributed by atoms with E-state index in [2.05, 4.69) is 22.0 Å². The minimum absolute atomic E-state index is 0.245. The lowest BCUT2D eigenvalue weighted by Crippen LogP contribution is -2.25. The summed E-state index contributed by atoms with van der Waals surface area (Å²) in [5.41, 5.74) is 2.42. The Morgan fingerprint density at radius 2 is 1.70 bits per heavy atom. The van der Waals surface area contributed by atoms with Crippen molar-refractivity contribution in [3.05, 3.63) is 68.9 Å². The lowest BCUT2D eigenvalue weighted by atomic mass is 9.87. The Hall–Kier alpha value is -1.19. The highest BCUT2D eigenvalue weighted by Gasteiger charge is 2.25. The van der Waals surface area contributed by atoms with Crippen molar-refractivity contribution in [2.45, 2.75) is 32.8 Å². The molecule has 1 N–H and O–H groups in total. The molecule has 0 bridgehead atoms. The number of aliphatic hydroxyl groups is 1. The van der Waals surface area contributed by atoms with Crippen molar-refractivity contribution in [3.63, 3.8) is 0 Å². The minimum atomic E-state index is -1.09. The van der Waals surface area contributed by atoms with Crippen LogP contribution in [-0.2, 0) is 12.0 Å². The Morgan fingerprint density at radius 1 is 1.10 bits per heavy atom. The monoisotopic (exact) mass is 336 g/mol. The first-order valence-electron chi connectivity index (χ1n) is 6.53. The van der Waals surface area contributed by atoms with Crippen molar-refractivity contribution in [1.29, 1.82) is 0 Å². The van der Waals surface area contributed by atoms with Crippen molar-refractivity contribution in [2.24, 2.45) is 0 Å². The Balaban J connectivity index is 2.34. The predicted molar refractivity (Wildman–Crippen MR) is 83.3 cm³/mol. The number of benzene rings is 2. The van der Waals surface area contributed by atoms with Crippen LogP contribution in [0, 0.1) is 19.7 Å². The first-order valence-corrected chi connectivity index (χ1v) is 7.32. The molecule has 0 spiro atoms. The third kappa shape index (κ3) is 3.47. The van der Waals surface area contributed by atoms with Gasteiger partial charge in [0.2, 0.25) is 0 Å². The quantitative estimate of drug-likeness (QED) is 0.864. The van der Waals surface area contributed by atoms with Gasteiger partial charge in [0.05, 0.1) is 5.60 Å². The van der Waals surface area contributed by atoms with Crippen LogP contribution in [0.25, 0.3) is 0 Å². The Kier molecular flexibility index (Phi) is 4.31. The normalized spacial score (nSPS) is 14.1. The second-order valence-corrected chi connectivity index (χ2v) is 6.48. The van der Waals surface area contributed by atoms with Crippen molar-refractivity contribution in [3.8, 4) is 0 Å². The Labute approximate surface area is 127 Å². The molecule has 1 unspecified atom stereocenters. The van der Waals surface area contributed by atoms with E-state index in [1.165, 1.54) is 6.07 Å². The molecule has 2 rings (SSSR count). The molecule has 2 aromatic carbocycles. The summed E-state index contributed by atoms with van der Waals surface area (Å²) in [4.78, 5) is 0. The van der Waals surface area contributed by atoms with E-state index in [9.17, 15) is 9.50 Å². The van der Waals surface area contributed by atoms with E-state index in [4.69, 9.17) is 0 Å². The maximum atomic E-state index is 13.9. The summed E-state index contributed by atoms with van der Waals surface area (Å²) in [6.45, 7) is 5.71. The largest absolute Gasteiger partial charge is 0.385 e. The predicted octanol–water partition coefficient (Wildman–Crippen LogP) is 4.66. The van der Waals surface area contributed by atoms with Crippen LogP contribution in [0.3, 0.4) is 0 Å². The molecule has 0 saturated carbocycles. The lowest BCUT2D eigenvalue weighted by Gasteiger charge is -2.25. The summed E-state index contributed by atoms with van der Waals surface area (Å²) in [6, 6.07) is 10.9. The van der Waals surface area contributed by atoms with Gasteiger partial charge in [-0.05, 0) is 44.0 Å². The van der Waals surface area contributed by atoms with Gasteiger partial charge in [0.15, 0.2) is 0 Å². The molecule has 0 heterocycles. The molecular formula is C17H18BrFO. The summed E-state index contributed by atoms with van der Waals surface area (Å²) in [5, 5.41) is 10.7. The molecule has 0 aliphatic heterocycles. The van der Waals surface area contributed by atoms with E-state index in [0.29, 0.717) is 10.0 Å². The molecule has 2 aromatic rings. The summed E-state index contributed by atoms with van der Waals surface area (Å²) in [6.07, 6.45) is 0.245. The highest BCUT2D eigenvalue weighted by molar-refractivity contribution is 9.10. The van der Waals surface area contributed by atoms with Crippen molar-refractivity contribution in [1.82, 2.24) is 0 Å². The second-order valence-electron chi connectivity index (χ2n) is 5.56. The van der Waals surface area contributed by atoms with Crippen LogP contribution < -0.4 is 0 Å². The first-order chi connectivity index (χ1) is 9.28. The van der Waals surface area contributed by atoms with Gasteiger partial charge >= 0.3 is 0 Å². The minimum Gasteiger partial charge on any atom is -0.385 e. The highest BCUT2D eigenvalue weighted by atomic mass is 79.9. The topological polar surface area (TPSA) is 20.2 Å². The summed E-state index contributed by atoms with van der Waals surface area (Å²) < 4.78 is 14.6. The molecule has 106 valence electrons. The Bertz CT molecular complexity index is 615. The molecular weight excluding hydrogens is 319 g/mol. The van der Waals surface area contributed by atoms with E-state index >= 15 is 0 Å². The summed E-state index contributed by atoms with van der Waals surface area (Å²) in [7, 11) is 0. The maximum Gasteiger partial charge on any atom is 0.127 e. The fourth-order valence-corrected chi connectivity index (χ4v) is 2.76. The van der Waals surface area contributed by atoms with Gasteiger partial charge in [-0.3, -0.25) is 0 Å². The molecule has 0 fully saturated rings. The fourth-order valence-electron chi connectivity index (χ4n) is 2.42. The van der Waals surface area contributed by atoms with E-state index < -0.39 is 5.60 Å². The standard InChI is InChI=1S/C17H18BrFO/c1-11-6-12(2)8-14(7-11)17(3,20)10-13-4-5-15(18)9-16(13)19/h4-9,20H,10H2,1-3H3. The SMILES string of the molecule is Cc1cc(C)cc(C(C)(O)Cc2ccc(Br)cc2F)c1. The average Bonchev–Trinajstić information content (AvgIpc) is 2.31. The van der Waals surface area contributed by atoms with Crippen molar-refractivity contribution >= 4 is 15.9 Å². The zero-order chi connectivity index (χ0) is 14.9. The summed E-state index contributed by atoms with van der Waals surface area (Å²) in [5.74, 6) is -0.302. The fraction of sp³-hybridized carbons (Fsp3) is 0.294. The van der Waals surface area contributed by atoms with Crippen LogP contribution in [0.4, 0.5) is 4.39 Å². The highest BCUT2D eigenvalue weighted by Crippen LogP contribution is 2.28. The Morgan fingerprint density at radius 3 is 2.25 bits per heavy atom. The van der Waals surface area contributed by atoms with Crippen LogP contribution in [0.1, 0.15) is 29.2 Å². The van der Waals surface area contributed by atoms with Gasteiger partial charge in [-0.25, -0.2) is 4.39 Å². The molecule has 1 nitrogen and oxygen atoms in total. The van der Waals surface area contributed by atoms with Gasteiger partial charge in [0.1, 0.15) is 5.82 Å². The van der Waals surface area contributed by atoms with E-state index in [-0.39, 0.29) is 12.2 Å². The average molecular weight is 337 g/mol. The smallest absolute Gasteiger partial charge is 0.127 e. The number of hydrogen-bond acceptors (Lipinski definition) is 1. The molecule has 0 aliphatic rings. The number of halogens is 2. The van der Waals surface area contributed by atoms with Gasteiger partial charge in [0.25, 0.3) is 0 Å².